The third-order valence-corrected chi connectivity index (χ3v) is 1.59. The maximum Gasteiger partial charge on any atom is 0.320 e. The van der Waals surface area contributed by atoms with Gasteiger partial charge in [-0.15, -0.1) is 0 Å². The molecule has 0 bridgehead atoms. The van der Waals surface area contributed by atoms with Crippen LogP contribution in [-0.4, -0.2) is 40.1 Å². The molecule has 0 fully saturated rings. The van der Waals surface area contributed by atoms with Gasteiger partial charge in [0.15, 0.2) is 0 Å². The molecule has 0 saturated carbocycles. The zero-order valence-electron chi connectivity index (χ0n) is 6.33. The first-order valence-corrected chi connectivity index (χ1v) is 4.05. The van der Waals surface area contributed by atoms with E-state index < -0.39 is 12.0 Å². The van der Waals surface area contributed by atoms with Crippen LogP contribution in [0.2, 0.25) is 0 Å². The lowest BCUT2D eigenvalue weighted by molar-refractivity contribution is -0.138. The van der Waals surface area contributed by atoms with Crippen LogP contribution < -0.4 is 5.73 Å². The average Bonchev–Trinajstić information content (AvgIpc) is 1.82. The van der Waals surface area contributed by atoms with Gasteiger partial charge in [-0.25, -0.2) is 0 Å². The van der Waals surface area contributed by atoms with Gasteiger partial charge >= 0.3 is 5.97 Å². The number of aliphatic carboxylic acids is 1. The first kappa shape index (κ1) is 17.0. The van der Waals surface area contributed by atoms with Gasteiger partial charge in [-0.1, -0.05) is 0 Å². The fourth-order valence-corrected chi connectivity index (χ4v) is 0.858. The summed E-state index contributed by atoms with van der Waals surface area (Å²) in [5.74, 6) is -0.1000. The first-order valence-electron chi connectivity index (χ1n) is 2.65. The molecule has 0 aliphatic carbocycles. The molecule has 5 nitrogen and oxygen atoms in total. The normalized spacial score (nSPS) is 10.7. The van der Waals surface area contributed by atoms with E-state index in [2.05, 4.69) is 0 Å². The molecule has 0 saturated heterocycles. The summed E-state index contributed by atoms with van der Waals surface area (Å²) in [4.78, 5) is 10.1. The molecular weight excluding hydrogens is 170 g/mol. The zero-order valence-corrected chi connectivity index (χ0v) is 7.15. The van der Waals surface area contributed by atoms with Crippen molar-refractivity contribution in [2.75, 3.05) is 12.0 Å². The van der Waals surface area contributed by atoms with Crippen molar-refractivity contribution in [2.24, 2.45) is 5.73 Å². The first-order chi connectivity index (χ1) is 4.18. The molecule has 6 heteroatoms. The highest BCUT2D eigenvalue weighted by atomic mass is 32.2. The second kappa shape index (κ2) is 9.70. The van der Waals surface area contributed by atoms with Gasteiger partial charge in [-0.2, -0.15) is 11.8 Å². The summed E-state index contributed by atoms with van der Waals surface area (Å²) in [7, 11) is 0. The smallest absolute Gasteiger partial charge is 0.320 e. The van der Waals surface area contributed by atoms with Gasteiger partial charge in [0, 0.05) is 0 Å². The van der Waals surface area contributed by atoms with E-state index in [1.165, 1.54) is 0 Å². The van der Waals surface area contributed by atoms with Crippen LogP contribution in [0.1, 0.15) is 6.42 Å². The lowest BCUT2D eigenvalue weighted by Gasteiger charge is -2.02. The topological polar surface area (TPSA) is 126 Å². The Morgan fingerprint density at radius 2 is 2.09 bits per heavy atom. The molecule has 0 aromatic carbocycles. The number of hydrogen-bond donors (Lipinski definition) is 2. The fraction of sp³-hybridized carbons (Fsp3) is 0.800. The van der Waals surface area contributed by atoms with Gasteiger partial charge in [0.2, 0.25) is 0 Å². The maximum atomic E-state index is 10.1. The molecule has 0 unspecified atom stereocenters. The van der Waals surface area contributed by atoms with Crippen LogP contribution in [0.15, 0.2) is 0 Å². The summed E-state index contributed by atoms with van der Waals surface area (Å²) in [6.45, 7) is 0. The van der Waals surface area contributed by atoms with Gasteiger partial charge < -0.3 is 21.8 Å². The Kier molecular flexibility index (Phi) is 15.0. The number of carboxylic acids is 1. The molecule has 0 aromatic heterocycles. The summed E-state index contributed by atoms with van der Waals surface area (Å²) in [5.41, 5.74) is 5.19. The lowest BCUT2D eigenvalue weighted by atomic mass is 10.2. The van der Waals surface area contributed by atoms with E-state index in [9.17, 15) is 4.79 Å². The van der Waals surface area contributed by atoms with E-state index in [4.69, 9.17) is 10.8 Å². The molecule has 0 aliphatic rings. The molecular formula is C5H15NO4S. The van der Waals surface area contributed by atoms with Crippen LogP contribution in [0, 0.1) is 0 Å². The predicted octanol–water partition coefficient (Wildman–Crippen LogP) is -1.50. The maximum absolute atomic E-state index is 10.1. The summed E-state index contributed by atoms with van der Waals surface area (Å²) < 4.78 is 0. The van der Waals surface area contributed by atoms with Crippen LogP contribution in [0.3, 0.4) is 0 Å². The van der Waals surface area contributed by atoms with Crippen molar-refractivity contribution in [1.29, 1.82) is 0 Å². The quantitative estimate of drug-likeness (QED) is 0.552. The third-order valence-electron chi connectivity index (χ3n) is 0.950. The van der Waals surface area contributed by atoms with Gasteiger partial charge in [0.05, 0.1) is 0 Å². The van der Waals surface area contributed by atoms with Gasteiger partial charge in [0.25, 0.3) is 0 Å². The van der Waals surface area contributed by atoms with Crippen LogP contribution in [0.25, 0.3) is 0 Å². The number of carbonyl (C=O) groups is 1. The minimum absolute atomic E-state index is 0. The molecule has 0 aromatic rings. The molecule has 0 rings (SSSR count). The van der Waals surface area contributed by atoms with Crippen molar-refractivity contribution < 1.29 is 20.9 Å². The number of nitrogens with two attached hydrogens (primary N) is 1. The van der Waals surface area contributed by atoms with Crippen molar-refractivity contribution in [3.05, 3.63) is 0 Å². The molecule has 1 atom stereocenters. The summed E-state index contributed by atoms with van der Waals surface area (Å²) in [6.07, 6.45) is 2.48. The Morgan fingerprint density at radius 1 is 1.64 bits per heavy atom. The highest BCUT2D eigenvalue weighted by Crippen LogP contribution is 1.97. The van der Waals surface area contributed by atoms with Crippen molar-refractivity contribution in [1.82, 2.24) is 0 Å². The van der Waals surface area contributed by atoms with Crippen molar-refractivity contribution in [3.63, 3.8) is 0 Å². The third kappa shape index (κ3) is 9.70. The van der Waals surface area contributed by atoms with Crippen molar-refractivity contribution >= 4 is 17.7 Å². The van der Waals surface area contributed by atoms with Crippen molar-refractivity contribution in [3.8, 4) is 0 Å². The van der Waals surface area contributed by atoms with Gasteiger partial charge in [0.1, 0.15) is 6.04 Å². The molecule has 0 amide bonds. The number of carboxylic acid groups (broad SMARTS) is 1. The highest BCUT2D eigenvalue weighted by molar-refractivity contribution is 7.98. The standard InChI is InChI=1S/C5H11NO2S.2H2O/c1-9-3-2-4(6)5(7)8;;/h4H,2-3,6H2,1H3,(H,7,8);2*1H2/t4-;;/m0../s1. The van der Waals surface area contributed by atoms with E-state index >= 15 is 0 Å². The Balaban J connectivity index is -0.000000320. The van der Waals surface area contributed by atoms with Crippen molar-refractivity contribution in [2.45, 2.75) is 12.5 Å². The number of rotatable bonds is 4. The highest BCUT2D eigenvalue weighted by Gasteiger charge is 2.08. The second-order valence-electron chi connectivity index (χ2n) is 1.73. The summed E-state index contributed by atoms with van der Waals surface area (Å²) in [5, 5.41) is 8.27. The van der Waals surface area contributed by atoms with E-state index in [1.54, 1.807) is 11.8 Å². The largest absolute Gasteiger partial charge is 0.480 e. The van der Waals surface area contributed by atoms with Gasteiger partial charge in [-0.3, -0.25) is 4.79 Å². The molecule has 7 N–H and O–H groups in total. The van der Waals surface area contributed by atoms with Crippen LogP contribution in [-0.2, 0) is 4.79 Å². The molecule has 0 spiro atoms. The molecule has 11 heavy (non-hydrogen) atoms. The SMILES string of the molecule is CSCC[C@H](N)C(=O)O.O.O. The van der Waals surface area contributed by atoms with Crippen LogP contribution in [0.4, 0.5) is 0 Å². The zero-order chi connectivity index (χ0) is 7.28. The average molecular weight is 185 g/mol. The molecule has 70 valence electrons. The van der Waals surface area contributed by atoms with E-state index in [0.29, 0.717) is 6.42 Å². The minimum atomic E-state index is -0.913. The Labute approximate surface area is 69.6 Å². The van der Waals surface area contributed by atoms with Gasteiger partial charge in [-0.05, 0) is 18.4 Å². The monoisotopic (exact) mass is 185 g/mol. The Morgan fingerprint density at radius 3 is 2.36 bits per heavy atom. The fourth-order valence-electron chi connectivity index (χ4n) is 0.368. The summed E-state index contributed by atoms with van der Waals surface area (Å²) in [6, 6.07) is -0.683. The van der Waals surface area contributed by atoms with Crippen LogP contribution in [0.5, 0.6) is 0 Å². The van der Waals surface area contributed by atoms with E-state index in [1.807, 2.05) is 6.26 Å². The lowest BCUT2D eigenvalue weighted by Crippen LogP contribution is -2.30. The molecule has 0 aliphatic heterocycles. The minimum Gasteiger partial charge on any atom is -0.480 e. The molecule has 0 heterocycles. The predicted molar refractivity (Wildman–Crippen MR) is 45.8 cm³/mol. The number of thioether (sulfide) groups is 1. The van der Waals surface area contributed by atoms with E-state index in [0.717, 1.165) is 5.75 Å². The van der Waals surface area contributed by atoms with E-state index in [-0.39, 0.29) is 11.0 Å². The Bertz CT molecular complexity index is 100. The molecule has 0 radical (unpaired) electrons. The second-order valence-corrected chi connectivity index (χ2v) is 2.71. The summed E-state index contributed by atoms with van der Waals surface area (Å²) >= 11 is 1.60. The van der Waals surface area contributed by atoms with Crippen LogP contribution >= 0.6 is 11.8 Å². The number of hydrogen-bond acceptors (Lipinski definition) is 3. The Hall–Kier alpha value is -0.300.